The van der Waals surface area contributed by atoms with Gasteiger partial charge in [0.05, 0.1) is 11.9 Å². The highest BCUT2D eigenvalue weighted by Crippen LogP contribution is 2.22. The van der Waals surface area contributed by atoms with Crippen LogP contribution in [-0.4, -0.2) is 50.0 Å². The van der Waals surface area contributed by atoms with Crippen LogP contribution in [0.1, 0.15) is 32.8 Å². The molecule has 7 nitrogen and oxygen atoms in total. The van der Waals surface area contributed by atoms with Gasteiger partial charge >= 0.3 is 0 Å². The van der Waals surface area contributed by atoms with Gasteiger partial charge in [0.1, 0.15) is 24.2 Å². The number of nitrogens with one attached hydrogen (secondary N) is 1. The van der Waals surface area contributed by atoms with E-state index in [2.05, 4.69) is 5.32 Å². The van der Waals surface area contributed by atoms with Crippen LogP contribution in [-0.2, 0) is 26.2 Å². The number of carbonyl (C=O) groups excluding carboxylic acids is 2. The number of hydrogen-bond acceptors (Lipinski definition) is 4. The molecule has 1 atom stereocenters. The number of para-hydroxylation sites is 1. The van der Waals surface area contributed by atoms with Crippen LogP contribution >= 0.6 is 0 Å². The minimum atomic E-state index is -4.02. The van der Waals surface area contributed by atoms with Gasteiger partial charge < -0.3 is 10.2 Å². The van der Waals surface area contributed by atoms with E-state index in [1.165, 1.54) is 47.4 Å². The average molecular weight is 482 g/mol. The van der Waals surface area contributed by atoms with Crippen molar-refractivity contribution in [2.75, 3.05) is 17.1 Å². The first-order valence-corrected chi connectivity index (χ1v) is 12.3. The normalized spacial score (nSPS) is 12.3. The lowest BCUT2D eigenvalue weighted by atomic mass is 10.1. The van der Waals surface area contributed by atoms with Crippen molar-refractivity contribution in [3.05, 3.63) is 65.7 Å². The molecule has 33 heavy (non-hydrogen) atoms. The van der Waals surface area contributed by atoms with Crippen molar-refractivity contribution in [2.24, 2.45) is 0 Å². The molecule has 2 aromatic carbocycles. The Kier molecular flexibility index (Phi) is 8.92. The van der Waals surface area contributed by atoms with E-state index in [9.17, 15) is 26.8 Å². The average Bonchev–Trinajstić information content (AvgIpc) is 2.72. The van der Waals surface area contributed by atoms with E-state index in [1.54, 1.807) is 20.8 Å². The molecule has 0 saturated heterocycles. The summed E-state index contributed by atoms with van der Waals surface area (Å²) in [6, 6.07) is 9.56. The zero-order valence-electron chi connectivity index (χ0n) is 19.1. The second-order valence-corrected chi connectivity index (χ2v) is 9.86. The van der Waals surface area contributed by atoms with Crippen LogP contribution in [0.2, 0.25) is 0 Å². The van der Waals surface area contributed by atoms with Crippen molar-refractivity contribution < 1.29 is 26.8 Å². The van der Waals surface area contributed by atoms with Gasteiger partial charge in [-0.15, -0.1) is 0 Å². The Morgan fingerprint density at radius 1 is 1.03 bits per heavy atom. The molecule has 10 heteroatoms. The standard InChI is InChI=1S/C23H29F2N3O4S/c1-5-20(23(30)26-16(2)3)27(14-17-10-12-18(24)13-11-17)22(29)15-28(33(4,31)32)21-9-7-6-8-19(21)25/h6-13,16,20H,5,14-15H2,1-4H3,(H,26,30). The molecule has 0 bridgehead atoms. The fourth-order valence-corrected chi connectivity index (χ4v) is 4.19. The number of amides is 2. The van der Waals surface area contributed by atoms with Gasteiger partial charge in [-0.05, 0) is 50.1 Å². The van der Waals surface area contributed by atoms with Gasteiger partial charge in [-0.1, -0.05) is 31.2 Å². The summed E-state index contributed by atoms with van der Waals surface area (Å²) in [7, 11) is -4.02. The molecule has 0 heterocycles. The monoisotopic (exact) mass is 481 g/mol. The smallest absolute Gasteiger partial charge is 0.244 e. The van der Waals surface area contributed by atoms with Gasteiger partial charge in [-0.3, -0.25) is 13.9 Å². The highest BCUT2D eigenvalue weighted by molar-refractivity contribution is 7.92. The highest BCUT2D eigenvalue weighted by atomic mass is 32.2. The van der Waals surface area contributed by atoms with E-state index in [1.807, 2.05) is 0 Å². The largest absolute Gasteiger partial charge is 0.352 e. The Balaban J connectivity index is 2.44. The Labute approximate surface area is 193 Å². The zero-order valence-corrected chi connectivity index (χ0v) is 19.9. The van der Waals surface area contributed by atoms with Gasteiger partial charge in [0, 0.05) is 12.6 Å². The summed E-state index contributed by atoms with van der Waals surface area (Å²) < 4.78 is 53.3. The van der Waals surface area contributed by atoms with Crippen LogP contribution in [0.15, 0.2) is 48.5 Å². The Morgan fingerprint density at radius 3 is 2.15 bits per heavy atom. The number of sulfonamides is 1. The molecule has 0 spiro atoms. The molecule has 180 valence electrons. The highest BCUT2D eigenvalue weighted by Gasteiger charge is 2.32. The number of nitrogens with zero attached hydrogens (tertiary/aromatic N) is 2. The first kappa shape index (κ1) is 26.2. The third-order valence-corrected chi connectivity index (χ3v) is 6.01. The number of anilines is 1. The first-order chi connectivity index (χ1) is 15.4. The van der Waals surface area contributed by atoms with Crippen molar-refractivity contribution in [1.29, 1.82) is 0 Å². The van der Waals surface area contributed by atoms with E-state index in [4.69, 9.17) is 0 Å². The molecule has 0 aromatic heterocycles. The van der Waals surface area contributed by atoms with Gasteiger partial charge in [0.2, 0.25) is 21.8 Å². The minimum absolute atomic E-state index is 0.0575. The lowest BCUT2D eigenvalue weighted by Crippen LogP contribution is -2.53. The van der Waals surface area contributed by atoms with Crippen molar-refractivity contribution in [3.63, 3.8) is 0 Å². The molecule has 2 aromatic rings. The number of rotatable bonds is 10. The maximum Gasteiger partial charge on any atom is 0.244 e. The number of hydrogen-bond donors (Lipinski definition) is 1. The molecule has 0 aliphatic carbocycles. The molecule has 0 radical (unpaired) electrons. The molecule has 0 fully saturated rings. The summed E-state index contributed by atoms with van der Waals surface area (Å²) in [5.74, 6) is -2.35. The maximum absolute atomic E-state index is 14.4. The quantitative estimate of drug-likeness (QED) is 0.565. The van der Waals surface area contributed by atoms with Gasteiger partial charge in [0.15, 0.2) is 0 Å². The third-order valence-electron chi connectivity index (χ3n) is 4.88. The van der Waals surface area contributed by atoms with E-state index >= 15 is 0 Å². The van der Waals surface area contributed by atoms with E-state index in [0.717, 1.165) is 12.3 Å². The van der Waals surface area contributed by atoms with Crippen molar-refractivity contribution >= 4 is 27.5 Å². The SMILES string of the molecule is CCC(C(=O)NC(C)C)N(Cc1ccc(F)cc1)C(=O)CN(c1ccccc1F)S(C)(=O)=O. The summed E-state index contributed by atoms with van der Waals surface area (Å²) in [4.78, 5) is 27.5. The second kappa shape index (κ2) is 11.2. The summed E-state index contributed by atoms with van der Waals surface area (Å²) >= 11 is 0. The Morgan fingerprint density at radius 2 is 1.64 bits per heavy atom. The number of benzene rings is 2. The van der Waals surface area contributed by atoms with Crippen LogP contribution < -0.4 is 9.62 Å². The molecule has 0 aliphatic rings. The predicted octanol–water partition coefficient (Wildman–Crippen LogP) is 3.06. The first-order valence-electron chi connectivity index (χ1n) is 10.5. The molecule has 2 rings (SSSR count). The van der Waals surface area contributed by atoms with Gasteiger partial charge in [-0.25, -0.2) is 17.2 Å². The topological polar surface area (TPSA) is 86.8 Å². The molecule has 2 amide bonds. The van der Waals surface area contributed by atoms with Gasteiger partial charge in [0.25, 0.3) is 0 Å². The Hall–Kier alpha value is -3.01. The third kappa shape index (κ3) is 7.24. The summed E-state index contributed by atoms with van der Waals surface area (Å²) in [5.41, 5.74) is 0.284. The molecular weight excluding hydrogens is 452 g/mol. The Bertz CT molecular complexity index is 1080. The van der Waals surface area contributed by atoms with E-state index in [0.29, 0.717) is 9.87 Å². The molecule has 0 aliphatic heterocycles. The molecule has 1 N–H and O–H groups in total. The number of carbonyl (C=O) groups is 2. The maximum atomic E-state index is 14.4. The van der Waals surface area contributed by atoms with E-state index in [-0.39, 0.29) is 24.7 Å². The van der Waals surface area contributed by atoms with Crippen LogP contribution in [0.3, 0.4) is 0 Å². The molecular formula is C23H29F2N3O4S. The van der Waals surface area contributed by atoms with Crippen molar-refractivity contribution in [2.45, 2.75) is 45.8 Å². The minimum Gasteiger partial charge on any atom is -0.352 e. The summed E-state index contributed by atoms with van der Waals surface area (Å²) in [6.45, 7) is 4.52. The zero-order chi connectivity index (χ0) is 24.8. The van der Waals surface area contributed by atoms with E-state index < -0.39 is 46.1 Å². The van der Waals surface area contributed by atoms with Crippen LogP contribution in [0.25, 0.3) is 0 Å². The molecule has 1 unspecified atom stereocenters. The fourth-order valence-electron chi connectivity index (χ4n) is 3.34. The van der Waals surface area contributed by atoms with Crippen LogP contribution in [0, 0.1) is 11.6 Å². The van der Waals surface area contributed by atoms with Gasteiger partial charge in [-0.2, -0.15) is 0 Å². The van der Waals surface area contributed by atoms with Crippen LogP contribution in [0.4, 0.5) is 14.5 Å². The second-order valence-electron chi connectivity index (χ2n) is 7.96. The lowest BCUT2D eigenvalue weighted by molar-refractivity contribution is -0.140. The summed E-state index contributed by atoms with van der Waals surface area (Å²) in [5, 5.41) is 2.76. The fraction of sp³-hybridized carbons (Fsp3) is 0.391. The number of halogens is 2. The predicted molar refractivity (Wildman–Crippen MR) is 123 cm³/mol. The summed E-state index contributed by atoms with van der Waals surface area (Å²) in [6.07, 6.45) is 1.13. The lowest BCUT2D eigenvalue weighted by Gasteiger charge is -2.33. The van der Waals surface area contributed by atoms with Crippen molar-refractivity contribution in [1.82, 2.24) is 10.2 Å². The molecule has 0 saturated carbocycles. The van der Waals surface area contributed by atoms with Crippen molar-refractivity contribution in [3.8, 4) is 0 Å². The van der Waals surface area contributed by atoms with Crippen LogP contribution in [0.5, 0.6) is 0 Å².